The zero-order chi connectivity index (χ0) is 26.9. The molecule has 1 fully saturated rings. The largest absolute Gasteiger partial charge is 0.418 e. The second-order valence-electron chi connectivity index (χ2n) is 9.82. The number of morpholine rings is 1. The minimum Gasteiger partial charge on any atom is -0.376 e. The van der Waals surface area contributed by atoms with Crippen LogP contribution < -0.4 is 10.6 Å². The van der Waals surface area contributed by atoms with Crippen LogP contribution in [0.25, 0.3) is 5.57 Å². The predicted octanol–water partition coefficient (Wildman–Crippen LogP) is 4.70. The van der Waals surface area contributed by atoms with Gasteiger partial charge in [0.05, 0.1) is 35.7 Å². The van der Waals surface area contributed by atoms with Crippen LogP contribution >= 0.6 is 0 Å². The maximum Gasteiger partial charge on any atom is 0.418 e. The lowest BCUT2D eigenvalue weighted by atomic mass is 9.99. The van der Waals surface area contributed by atoms with Crippen molar-refractivity contribution in [2.75, 3.05) is 19.6 Å². The zero-order valence-electron chi connectivity index (χ0n) is 21.6. The number of alkyl halides is 3. The number of dihydropyridines is 1. The van der Waals surface area contributed by atoms with Crippen LogP contribution in [0.5, 0.6) is 0 Å². The number of pyridine rings is 1. The molecule has 2 aromatic rings. The Morgan fingerprint density at radius 1 is 1.11 bits per heavy atom. The summed E-state index contributed by atoms with van der Waals surface area (Å²) < 4.78 is 47.0. The summed E-state index contributed by atoms with van der Waals surface area (Å²) in [6.45, 7) is 8.22. The highest BCUT2D eigenvalue weighted by molar-refractivity contribution is 6.07. The number of allylic oxidation sites excluding steroid dienone is 2. The topological polar surface area (TPSA) is 74.1 Å². The second-order valence-corrected chi connectivity index (χ2v) is 9.82. The molecule has 200 valence electrons. The van der Waals surface area contributed by atoms with Gasteiger partial charge in [0, 0.05) is 36.8 Å². The van der Waals surface area contributed by atoms with Crippen LogP contribution in [-0.2, 0) is 17.3 Å². The van der Waals surface area contributed by atoms with Crippen LogP contribution in [0, 0.1) is 0 Å². The van der Waals surface area contributed by atoms with Crippen LogP contribution in [0.15, 0.2) is 70.6 Å². The molecule has 0 bridgehead atoms. The Morgan fingerprint density at radius 2 is 1.84 bits per heavy atom. The fourth-order valence-electron chi connectivity index (χ4n) is 5.00. The highest BCUT2D eigenvalue weighted by Crippen LogP contribution is 2.35. The maximum atomic E-state index is 13.7. The van der Waals surface area contributed by atoms with E-state index in [2.05, 4.69) is 27.4 Å². The molecule has 4 heterocycles. The van der Waals surface area contributed by atoms with Crippen molar-refractivity contribution >= 4 is 22.9 Å². The van der Waals surface area contributed by atoms with Gasteiger partial charge in [0.25, 0.3) is 0 Å². The van der Waals surface area contributed by atoms with Crippen molar-refractivity contribution in [3.8, 4) is 0 Å². The number of nitrogens with one attached hydrogen (secondary N) is 2. The number of amidine groups is 2. The van der Waals surface area contributed by atoms with E-state index in [-0.39, 0.29) is 17.9 Å². The number of rotatable bonds is 5. The summed E-state index contributed by atoms with van der Waals surface area (Å²) in [7, 11) is 0. The summed E-state index contributed by atoms with van der Waals surface area (Å²) in [5.74, 6) is 1.22. The Labute approximate surface area is 220 Å². The van der Waals surface area contributed by atoms with Crippen molar-refractivity contribution in [3.05, 3.63) is 77.4 Å². The van der Waals surface area contributed by atoms with E-state index >= 15 is 0 Å². The molecule has 3 aliphatic rings. The molecule has 3 atom stereocenters. The van der Waals surface area contributed by atoms with Crippen molar-refractivity contribution in [1.82, 2.24) is 20.5 Å². The number of fused-ring (bicyclic) bond motifs is 1. The fourth-order valence-corrected chi connectivity index (χ4v) is 5.00. The highest BCUT2D eigenvalue weighted by atomic mass is 19.4. The quantitative estimate of drug-likeness (QED) is 0.593. The van der Waals surface area contributed by atoms with E-state index in [4.69, 9.17) is 14.7 Å². The molecule has 0 aliphatic carbocycles. The second kappa shape index (κ2) is 10.7. The summed E-state index contributed by atoms with van der Waals surface area (Å²) in [6.07, 6.45) is 1.21. The van der Waals surface area contributed by atoms with E-state index in [1.807, 2.05) is 38.1 Å². The van der Waals surface area contributed by atoms with E-state index in [0.717, 1.165) is 31.3 Å². The molecule has 7 nitrogen and oxygen atoms in total. The molecule has 1 aromatic heterocycles. The summed E-state index contributed by atoms with van der Waals surface area (Å²) in [5, 5.41) is 6.57. The van der Waals surface area contributed by atoms with Gasteiger partial charge in [0.2, 0.25) is 0 Å². The van der Waals surface area contributed by atoms with Crippen LogP contribution in [0.4, 0.5) is 18.9 Å². The average Bonchev–Trinajstić information content (AvgIpc) is 2.88. The number of hydrogen-bond donors (Lipinski definition) is 2. The number of aliphatic imine (C=N–C) groups is 2. The summed E-state index contributed by atoms with van der Waals surface area (Å²) in [5.41, 5.74) is 2.06. The lowest BCUT2D eigenvalue weighted by molar-refractivity contribution is -0.138. The fraction of sp³-hybridized carbons (Fsp3) is 0.393. The van der Waals surface area contributed by atoms with Crippen molar-refractivity contribution in [3.63, 3.8) is 0 Å². The molecule has 0 amide bonds. The number of ether oxygens (including phenoxy) is 1. The van der Waals surface area contributed by atoms with Crippen molar-refractivity contribution in [2.24, 2.45) is 9.98 Å². The molecule has 0 radical (unpaired) electrons. The van der Waals surface area contributed by atoms with Crippen molar-refractivity contribution in [2.45, 2.75) is 51.6 Å². The first-order valence-corrected chi connectivity index (χ1v) is 12.8. The SMILES string of the molecule is CCc1ccc(N=C2N=C(CN3C[C@@H](C)O[C@@H](C)C3)NC3=CC(c4ncccc4C(F)(F)F)=CNC32)cc1. The van der Waals surface area contributed by atoms with Crippen molar-refractivity contribution in [1.29, 1.82) is 0 Å². The minimum absolute atomic E-state index is 0.0935. The van der Waals surface area contributed by atoms with Crippen LogP contribution in [0.1, 0.15) is 37.6 Å². The first kappa shape index (κ1) is 26.1. The standard InChI is InChI=1S/C28H31F3N6O/c1-4-19-7-9-21(10-8-19)34-27-26-23(35-24(36-27)16-37-14-17(2)38-18(3)15-37)12-20(13-33-26)25-22(28(29,30)31)6-5-11-32-25/h5-13,17-18,26,33H,4,14-16H2,1-3H3,(H,34,35,36)/t17-,18+,26?. The van der Waals surface area contributed by atoms with Gasteiger partial charge in [-0.3, -0.25) is 9.88 Å². The third-order valence-electron chi connectivity index (χ3n) is 6.67. The van der Waals surface area contributed by atoms with Gasteiger partial charge >= 0.3 is 6.18 Å². The van der Waals surface area contributed by atoms with Crippen LogP contribution in [0.3, 0.4) is 0 Å². The Hall–Kier alpha value is -3.50. The van der Waals surface area contributed by atoms with Gasteiger partial charge in [-0.25, -0.2) is 9.98 Å². The van der Waals surface area contributed by atoms with Crippen molar-refractivity contribution < 1.29 is 17.9 Å². The van der Waals surface area contributed by atoms with Gasteiger partial charge in [-0.05, 0) is 56.2 Å². The van der Waals surface area contributed by atoms with Gasteiger partial charge in [0.1, 0.15) is 11.9 Å². The third kappa shape index (κ3) is 5.81. The van der Waals surface area contributed by atoms with E-state index in [1.54, 1.807) is 12.3 Å². The molecule has 2 N–H and O–H groups in total. The molecule has 0 saturated carbocycles. The van der Waals surface area contributed by atoms with E-state index in [9.17, 15) is 13.2 Å². The number of aromatic nitrogens is 1. The van der Waals surface area contributed by atoms with E-state index in [1.165, 1.54) is 17.8 Å². The molecule has 1 saturated heterocycles. The average molecular weight is 525 g/mol. The Balaban J connectivity index is 1.49. The molecule has 10 heteroatoms. The number of hydrogen-bond acceptors (Lipinski definition) is 6. The van der Waals surface area contributed by atoms with Crippen LogP contribution in [0.2, 0.25) is 0 Å². The normalized spacial score (nSPS) is 25.1. The maximum absolute atomic E-state index is 13.7. The Kier molecular flexibility index (Phi) is 7.36. The first-order valence-electron chi connectivity index (χ1n) is 12.8. The van der Waals surface area contributed by atoms with Gasteiger partial charge in [-0.1, -0.05) is 19.1 Å². The van der Waals surface area contributed by atoms with Gasteiger partial charge in [0.15, 0.2) is 5.84 Å². The number of halogens is 3. The zero-order valence-corrected chi connectivity index (χ0v) is 21.6. The van der Waals surface area contributed by atoms with Crippen LogP contribution in [-0.4, -0.2) is 59.4 Å². The molecule has 3 aliphatic heterocycles. The molecule has 38 heavy (non-hydrogen) atoms. The van der Waals surface area contributed by atoms with Gasteiger partial charge in [-0.15, -0.1) is 0 Å². The van der Waals surface area contributed by atoms with E-state index < -0.39 is 17.8 Å². The number of aryl methyl sites for hydroxylation is 1. The molecule has 1 aromatic carbocycles. The lowest BCUT2D eigenvalue weighted by Gasteiger charge is -2.37. The Bertz CT molecular complexity index is 1290. The third-order valence-corrected chi connectivity index (χ3v) is 6.67. The summed E-state index contributed by atoms with van der Waals surface area (Å²) in [6, 6.07) is 9.87. The Morgan fingerprint density at radius 3 is 2.53 bits per heavy atom. The lowest BCUT2D eigenvalue weighted by Crippen LogP contribution is -2.53. The number of nitrogens with zero attached hydrogens (tertiary/aromatic N) is 4. The molecule has 5 rings (SSSR count). The highest BCUT2D eigenvalue weighted by Gasteiger charge is 2.36. The molecule has 1 unspecified atom stereocenters. The summed E-state index contributed by atoms with van der Waals surface area (Å²) in [4.78, 5) is 16.0. The summed E-state index contributed by atoms with van der Waals surface area (Å²) >= 11 is 0. The molecule has 0 spiro atoms. The predicted molar refractivity (Wildman–Crippen MR) is 142 cm³/mol. The van der Waals surface area contributed by atoms with Gasteiger partial charge < -0.3 is 15.4 Å². The minimum atomic E-state index is -4.52. The van der Waals surface area contributed by atoms with E-state index in [0.29, 0.717) is 29.5 Å². The molecular weight excluding hydrogens is 493 g/mol. The smallest absolute Gasteiger partial charge is 0.376 e. The van der Waals surface area contributed by atoms with Gasteiger partial charge in [-0.2, -0.15) is 13.2 Å². The first-order chi connectivity index (χ1) is 18.2. The number of benzene rings is 1. The monoisotopic (exact) mass is 524 g/mol. The molecular formula is C28H31F3N6O.